The van der Waals surface area contributed by atoms with Gasteiger partial charge < -0.3 is 20.5 Å². The number of rotatable bonds is 7. The third-order valence-corrected chi connectivity index (χ3v) is 4.82. The molecule has 0 spiro atoms. The average molecular weight is 439 g/mol. The van der Waals surface area contributed by atoms with Crippen LogP contribution in [0.1, 0.15) is 13.8 Å². The Bertz CT molecular complexity index is 1220. The highest BCUT2D eigenvalue weighted by Crippen LogP contribution is 2.31. The molecule has 0 aliphatic heterocycles. The van der Waals surface area contributed by atoms with Gasteiger partial charge in [0.1, 0.15) is 17.1 Å². The van der Waals surface area contributed by atoms with Crippen molar-refractivity contribution in [2.75, 3.05) is 24.3 Å². The maximum Gasteiger partial charge on any atom is 0.227 e. The largest absolute Gasteiger partial charge is 0.494 e. The van der Waals surface area contributed by atoms with Crippen molar-refractivity contribution < 1.29 is 9.84 Å². The zero-order chi connectivity index (χ0) is 22.0. The molecule has 0 saturated heterocycles. The van der Waals surface area contributed by atoms with E-state index >= 15 is 0 Å². The van der Waals surface area contributed by atoms with E-state index in [1.165, 1.54) is 0 Å². The van der Waals surface area contributed by atoms with Gasteiger partial charge in [-0.1, -0.05) is 17.7 Å². The third kappa shape index (κ3) is 4.70. The number of hydrogen-bond acceptors (Lipinski definition) is 7. The number of benzene rings is 1. The Balaban J connectivity index is 1.61. The molecule has 160 valence electrons. The fourth-order valence-electron chi connectivity index (χ4n) is 3.09. The zero-order valence-corrected chi connectivity index (χ0v) is 18.2. The summed E-state index contributed by atoms with van der Waals surface area (Å²) in [7, 11) is 1.59. The first-order valence-corrected chi connectivity index (χ1v) is 10.1. The van der Waals surface area contributed by atoms with Crippen LogP contribution in [0.25, 0.3) is 17.0 Å². The Morgan fingerprint density at radius 1 is 1.16 bits per heavy atom. The molecule has 0 amide bonds. The Hall–Kier alpha value is -3.36. The van der Waals surface area contributed by atoms with Gasteiger partial charge in [-0.25, -0.2) is 15.0 Å². The van der Waals surface area contributed by atoms with Gasteiger partial charge in [0, 0.05) is 30.7 Å². The van der Waals surface area contributed by atoms with Gasteiger partial charge in [0.25, 0.3) is 0 Å². The summed E-state index contributed by atoms with van der Waals surface area (Å²) in [6.07, 6.45) is 3.55. The van der Waals surface area contributed by atoms with Gasteiger partial charge in [0.15, 0.2) is 5.15 Å². The predicted octanol–water partition coefficient (Wildman–Crippen LogP) is 4.38. The standard InChI is InChI=1S/C22H23ClN6O2/c1-22(2,30)13-25-14-7-8-15(17(12-14)31-3)26-21-24-10-9-16(27-21)19-20(23)28-18-6-4-5-11-29(18)19/h4-12,25,30H,13H2,1-3H3,(H,24,26,27). The molecular weight excluding hydrogens is 416 g/mol. The monoisotopic (exact) mass is 438 g/mol. The minimum absolute atomic E-state index is 0.371. The fourth-order valence-corrected chi connectivity index (χ4v) is 3.36. The van der Waals surface area contributed by atoms with Crippen LogP contribution >= 0.6 is 11.6 Å². The number of imidazole rings is 1. The number of methoxy groups -OCH3 is 1. The van der Waals surface area contributed by atoms with Crippen molar-refractivity contribution in [2.24, 2.45) is 0 Å². The van der Waals surface area contributed by atoms with Crippen molar-refractivity contribution in [1.82, 2.24) is 19.4 Å². The predicted molar refractivity (Wildman–Crippen MR) is 122 cm³/mol. The zero-order valence-electron chi connectivity index (χ0n) is 17.4. The highest BCUT2D eigenvalue weighted by atomic mass is 35.5. The van der Waals surface area contributed by atoms with Crippen LogP contribution in [0.5, 0.6) is 5.75 Å². The second-order valence-electron chi connectivity index (χ2n) is 7.65. The van der Waals surface area contributed by atoms with Crippen LogP contribution in [0.2, 0.25) is 5.15 Å². The molecule has 0 fully saturated rings. The Morgan fingerprint density at radius 2 is 2.00 bits per heavy atom. The number of pyridine rings is 1. The topological polar surface area (TPSA) is 96.6 Å². The number of hydrogen-bond donors (Lipinski definition) is 3. The van der Waals surface area contributed by atoms with Gasteiger partial charge in [-0.05, 0) is 44.2 Å². The summed E-state index contributed by atoms with van der Waals surface area (Å²) in [5.74, 6) is 1.01. The number of fused-ring (bicyclic) bond motifs is 1. The summed E-state index contributed by atoms with van der Waals surface area (Å²) in [5.41, 5.74) is 2.79. The molecule has 0 atom stereocenters. The Labute approximate surface area is 184 Å². The smallest absolute Gasteiger partial charge is 0.227 e. The van der Waals surface area contributed by atoms with Crippen LogP contribution in [-0.4, -0.2) is 43.7 Å². The molecule has 3 aromatic heterocycles. The highest BCUT2D eigenvalue weighted by molar-refractivity contribution is 6.32. The molecule has 0 aliphatic rings. The van der Waals surface area contributed by atoms with Crippen molar-refractivity contribution in [3.05, 3.63) is 60.0 Å². The molecular formula is C22H23ClN6O2. The first kappa shape index (κ1) is 20.9. The van der Waals surface area contributed by atoms with Crippen molar-refractivity contribution in [3.8, 4) is 17.1 Å². The van der Waals surface area contributed by atoms with Gasteiger partial charge in [-0.3, -0.25) is 4.40 Å². The molecule has 1 aromatic carbocycles. The van der Waals surface area contributed by atoms with E-state index in [9.17, 15) is 5.11 Å². The molecule has 0 bridgehead atoms. The van der Waals surface area contributed by atoms with Crippen molar-refractivity contribution in [3.63, 3.8) is 0 Å². The maximum absolute atomic E-state index is 9.91. The van der Waals surface area contributed by atoms with Gasteiger partial charge >= 0.3 is 0 Å². The van der Waals surface area contributed by atoms with Crippen molar-refractivity contribution >= 4 is 34.6 Å². The molecule has 0 saturated carbocycles. The molecule has 4 aromatic rings. The summed E-state index contributed by atoms with van der Waals surface area (Å²) in [4.78, 5) is 13.3. The van der Waals surface area contributed by atoms with Crippen LogP contribution in [0, 0.1) is 0 Å². The third-order valence-electron chi connectivity index (χ3n) is 4.56. The number of anilines is 3. The molecule has 4 rings (SSSR count). The van der Waals surface area contributed by atoms with Crippen LogP contribution in [0.3, 0.4) is 0 Å². The van der Waals surface area contributed by atoms with Gasteiger partial charge in [0.05, 0.1) is 24.1 Å². The summed E-state index contributed by atoms with van der Waals surface area (Å²) in [6, 6.07) is 13.1. The van der Waals surface area contributed by atoms with E-state index < -0.39 is 5.60 Å². The minimum atomic E-state index is -0.822. The lowest BCUT2D eigenvalue weighted by molar-refractivity contribution is 0.0945. The molecule has 0 radical (unpaired) electrons. The van der Waals surface area contributed by atoms with E-state index in [0.717, 1.165) is 11.3 Å². The number of aromatic nitrogens is 4. The van der Waals surface area contributed by atoms with E-state index in [4.69, 9.17) is 16.3 Å². The number of aliphatic hydroxyl groups is 1. The van der Waals surface area contributed by atoms with Crippen molar-refractivity contribution in [2.45, 2.75) is 19.4 Å². The lowest BCUT2D eigenvalue weighted by Crippen LogP contribution is -2.29. The number of nitrogens with one attached hydrogen (secondary N) is 2. The lowest BCUT2D eigenvalue weighted by Gasteiger charge is -2.19. The van der Waals surface area contributed by atoms with Crippen LogP contribution in [-0.2, 0) is 0 Å². The van der Waals surface area contributed by atoms with Gasteiger partial charge in [-0.15, -0.1) is 0 Å². The van der Waals surface area contributed by atoms with Crippen molar-refractivity contribution in [1.29, 1.82) is 0 Å². The summed E-state index contributed by atoms with van der Waals surface area (Å²) >= 11 is 6.38. The van der Waals surface area contributed by atoms with Crippen LogP contribution in [0.15, 0.2) is 54.9 Å². The minimum Gasteiger partial charge on any atom is -0.494 e. The first-order valence-electron chi connectivity index (χ1n) is 9.71. The first-order chi connectivity index (χ1) is 14.8. The summed E-state index contributed by atoms with van der Waals surface area (Å²) in [6.45, 7) is 3.90. The highest BCUT2D eigenvalue weighted by Gasteiger charge is 2.16. The van der Waals surface area contributed by atoms with Crippen LogP contribution in [0.4, 0.5) is 17.3 Å². The fraction of sp³-hybridized carbons (Fsp3) is 0.227. The Morgan fingerprint density at radius 3 is 2.77 bits per heavy atom. The van der Waals surface area contributed by atoms with E-state index in [0.29, 0.717) is 40.5 Å². The lowest BCUT2D eigenvalue weighted by atomic mass is 10.1. The summed E-state index contributed by atoms with van der Waals surface area (Å²) < 4.78 is 7.40. The second kappa shape index (κ2) is 8.41. The summed E-state index contributed by atoms with van der Waals surface area (Å²) in [5, 5.41) is 16.7. The average Bonchev–Trinajstić information content (AvgIpc) is 3.08. The normalized spacial score (nSPS) is 11.5. The van der Waals surface area contributed by atoms with Gasteiger partial charge in [0.2, 0.25) is 5.95 Å². The molecule has 0 aliphatic carbocycles. The van der Waals surface area contributed by atoms with E-state index in [1.54, 1.807) is 33.2 Å². The molecule has 9 heteroatoms. The molecule has 0 unspecified atom stereocenters. The van der Waals surface area contributed by atoms with Crippen LogP contribution < -0.4 is 15.4 Å². The molecule has 3 N–H and O–H groups in total. The molecule has 3 heterocycles. The molecule has 8 nitrogen and oxygen atoms in total. The van der Waals surface area contributed by atoms with E-state index in [-0.39, 0.29) is 0 Å². The maximum atomic E-state index is 9.91. The second-order valence-corrected chi connectivity index (χ2v) is 8.01. The van der Waals surface area contributed by atoms with E-state index in [2.05, 4.69) is 25.6 Å². The van der Waals surface area contributed by atoms with E-state index in [1.807, 2.05) is 47.0 Å². The molecule has 31 heavy (non-hydrogen) atoms. The quantitative estimate of drug-likeness (QED) is 0.394. The Kier molecular flexibility index (Phi) is 5.67. The number of halogens is 1. The SMILES string of the molecule is COc1cc(NCC(C)(C)O)ccc1Nc1nccc(-c2c(Cl)nc3ccccn23)n1. The number of nitrogens with zero attached hydrogens (tertiary/aromatic N) is 4. The number of ether oxygens (including phenoxy) is 1. The van der Waals surface area contributed by atoms with Gasteiger partial charge in [-0.2, -0.15) is 0 Å².